The molecule has 2 heterocycles. The van der Waals surface area contributed by atoms with Crippen LogP contribution in [0.4, 0.5) is 0 Å². The first-order chi connectivity index (χ1) is 6.95. The van der Waals surface area contributed by atoms with Gasteiger partial charge in [-0.15, -0.1) is 0 Å². The fourth-order valence-corrected chi connectivity index (χ4v) is 3.17. The molecule has 1 nitrogen and oxygen atoms in total. The molecule has 0 atom stereocenters. The summed E-state index contributed by atoms with van der Waals surface area (Å²) in [4.78, 5) is 2.23. The average molecular weight is 247 g/mol. The van der Waals surface area contributed by atoms with Crippen LogP contribution in [0, 0.1) is 0 Å². The molecule has 3 rings (SSSR count). The number of rotatable bonds is 1. The molecule has 68 valence electrons. The van der Waals surface area contributed by atoms with Crippen molar-refractivity contribution in [2.45, 2.75) is 0 Å². The number of hydrogen-bond acceptors (Lipinski definition) is 1. The first-order valence-corrected chi connectivity index (χ1v) is 6.30. The molecule has 0 spiro atoms. The van der Waals surface area contributed by atoms with Crippen LogP contribution in [0.25, 0.3) is 21.0 Å². The van der Waals surface area contributed by atoms with Gasteiger partial charge in [-0.05, 0) is 0 Å². The van der Waals surface area contributed by atoms with Crippen molar-refractivity contribution >= 4 is 25.5 Å². The van der Waals surface area contributed by atoms with Crippen LogP contribution in [0.5, 0.6) is 0 Å². The maximum absolute atomic E-state index is 5.50. The Balaban J connectivity index is 2.33. The number of hydrogen-bond donors (Lipinski definition) is 0. The van der Waals surface area contributed by atoms with Crippen LogP contribution < -0.4 is 0 Å². The molecule has 0 fully saturated rings. The quantitative estimate of drug-likeness (QED) is 0.602. The number of para-hydroxylation sites is 1. The third-order valence-electron chi connectivity index (χ3n) is 2.27. The first-order valence-electron chi connectivity index (χ1n) is 4.45. The van der Waals surface area contributed by atoms with Crippen molar-refractivity contribution in [3.05, 3.63) is 47.6 Å². The van der Waals surface area contributed by atoms with Crippen LogP contribution >= 0.6 is 0 Å². The van der Waals surface area contributed by atoms with Gasteiger partial charge in [0.15, 0.2) is 0 Å². The molecule has 0 aliphatic heterocycles. The second kappa shape index (κ2) is 3.16. The van der Waals surface area contributed by atoms with E-state index in [-0.39, 0.29) is 0 Å². The number of benzene rings is 1. The monoisotopic (exact) mass is 248 g/mol. The molecule has 1 aromatic carbocycles. The van der Waals surface area contributed by atoms with E-state index in [1.54, 1.807) is 0 Å². The molecular weight excluding hydrogens is 239 g/mol. The normalized spacial score (nSPS) is 10.9. The summed E-state index contributed by atoms with van der Waals surface area (Å²) in [6.07, 6.45) is 1.87. The minimum atomic E-state index is 0.479. The molecule has 3 aromatic rings. The van der Waals surface area contributed by atoms with Gasteiger partial charge in [-0.25, -0.2) is 0 Å². The van der Waals surface area contributed by atoms with Gasteiger partial charge in [0.2, 0.25) is 0 Å². The summed E-state index contributed by atoms with van der Waals surface area (Å²) in [5, 5.41) is 1.23. The van der Waals surface area contributed by atoms with Gasteiger partial charge >= 0.3 is 87.5 Å². The topological polar surface area (TPSA) is 13.1 Å². The van der Waals surface area contributed by atoms with Gasteiger partial charge < -0.3 is 0 Å². The van der Waals surface area contributed by atoms with Gasteiger partial charge in [0, 0.05) is 0 Å². The summed E-state index contributed by atoms with van der Waals surface area (Å²) in [6, 6.07) is 12.5. The Kier molecular flexibility index (Phi) is 1.83. The summed E-state index contributed by atoms with van der Waals surface area (Å²) in [6.45, 7) is 0. The SMILES string of the molecule is c1c[se]c(-c2coc3ccccc23)c1. The molecule has 0 saturated carbocycles. The van der Waals surface area contributed by atoms with Crippen molar-refractivity contribution in [3.63, 3.8) is 0 Å². The second-order valence-corrected chi connectivity index (χ2v) is 5.11. The molecule has 2 heteroatoms. The summed E-state index contributed by atoms with van der Waals surface area (Å²) < 4.78 is 6.91. The van der Waals surface area contributed by atoms with Crippen LogP contribution in [0.2, 0.25) is 0 Å². The van der Waals surface area contributed by atoms with Gasteiger partial charge in [-0.1, -0.05) is 0 Å². The average Bonchev–Trinajstić information content (AvgIpc) is 2.85. The summed E-state index contributed by atoms with van der Waals surface area (Å²) in [7, 11) is 0. The van der Waals surface area contributed by atoms with Crippen molar-refractivity contribution in [3.8, 4) is 10.0 Å². The predicted molar refractivity (Wildman–Crippen MR) is 58.6 cm³/mol. The van der Waals surface area contributed by atoms with Crippen LogP contribution in [-0.2, 0) is 0 Å². The molecule has 0 radical (unpaired) electrons. The third-order valence-corrected chi connectivity index (χ3v) is 4.16. The molecule has 0 aliphatic rings. The first kappa shape index (κ1) is 8.10. The zero-order chi connectivity index (χ0) is 9.38. The fraction of sp³-hybridized carbons (Fsp3) is 0. The minimum absolute atomic E-state index is 0.479. The van der Waals surface area contributed by atoms with E-state index >= 15 is 0 Å². The zero-order valence-electron chi connectivity index (χ0n) is 7.44. The van der Waals surface area contributed by atoms with E-state index in [2.05, 4.69) is 29.2 Å². The maximum atomic E-state index is 5.50. The molecule has 0 aliphatic carbocycles. The Morgan fingerprint density at radius 3 is 2.79 bits per heavy atom. The van der Waals surface area contributed by atoms with Gasteiger partial charge in [-0.2, -0.15) is 0 Å². The third kappa shape index (κ3) is 1.16. The van der Waals surface area contributed by atoms with Crippen LogP contribution in [-0.4, -0.2) is 14.5 Å². The van der Waals surface area contributed by atoms with Gasteiger partial charge in [0.1, 0.15) is 0 Å². The Hall–Kier alpha value is -1.24. The van der Waals surface area contributed by atoms with E-state index in [4.69, 9.17) is 4.42 Å². The van der Waals surface area contributed by atoms with Crippen molar-refractivity contribution in [2.24, 2.45) is 0 Å². The summed E-state index contributed by atoms with van der Waals surface area (Å²) in [5.41, 5.74) is 2.23. The van der Waals surface area contributed by atoms with Crippen LogP contribution in [0.15, 0.2) is 52.0 Å². The molecule has 0 saturated heterocycles. The Bertz CT molecular complexity index is 548. The van der Waals surface area contributed by atoms with E-state index in [9.17, 15) is 0 Å². The Labute approximate surface area is 87.7 Å². The fourth-order valence-electron chi connectivity index (χ4n) is 1.60. The summed E-state index contributed by atoms with van der Waals surface area (Å²) in [5.74, 6) is 0. The van der Waals surface area contributed by atoms with Gasteiger partial charge in [0.05, 0.1) is 0 Å². The van der Waals surface area contributed by atoms with Crippen molar-refractivity contribution in [1.29, 1.82) is 0 Å². The molecule has 14 heavy (non-hydrogen) atoms. The standard InChI is InChI=1S/C12H8OSe/c1-2-5-11-9(4-1)10(8-13-11)12-6-3-7-14-12/h1-8H. The van der Waals surface area contributed by atoms with Crippen molar-refractivity contribution in [1.82, 2.24) is 0 Å². The molecular formula is C12H8OSe. The summed E-state index contributed by atoms with van der Waals surface area (Å²) >= 11 is 0.479. The van der Waals surface area contributed by atoms with Crippen molar-refractivity contribution in [2.75, 3.05) is 0 Å². The molecule has 2 aromatic heterocycles. The van der Waals surface area contributed by atoms with Crippen LogP contribution in [0.1, 0.15) is 0 Å². The molecule has 0 N–H and O–H groups in total. The second-order valence-electron chi connectivity index (χ2n) is 3.12. The number of furan rings is 1. The zero-order valence-corrected chi connectivity index (χ0v) is 9.15. The molecule has 0 bridgehead atoms. The number of fused-ring (bicyclic) bond motifs is 1. The van der Waals surface area contributed by atoms with E-state index in [0.29, 0.717) is 14.5 Å². The van der Waals surface area contributed by atoms with E-state index < -0.39 is 0 Å². The van der Waals surface area contributed by atoms with Crippen molar-refractivity contribution < 1.29 is 4.42 Å². The molecule has 0 amide bonds. The Morgan fingerprint density at radius 1 is 1.00 bits per heavy atom. The van der Waals surface area contributed by atoms with Gasteiger partial charge in [-0.3, -0.25) is 0 Å². The van der Waals surface area contributed by atoms with E-state index in [0.717, 1.165) is 5.58 Å². The van der Waals surface area contributed by atoms with E-state index in [1.807, 2.05) is 18.4 Å². The van der Waals surface area contributed by atoms with Gasteiger partial charge in [0.25, 0.3) is 0 Å². The predicted octanol–water partition coefficient (Wildman–Crippen LogP) is 3.16. The Morgan fingerprint density at radius 2 is 1.93 bits per heavy atom. The molecule has 0 unspecified atom stereocenters. The van der Waals surface area contributed by atoms with E-state index in [1.165, 1.54) is 15.4 Å². The van der Waals surface area contributed by atoms with Crippen LogP contribution in [0.3, 0.4) is 0 Å².